The third kappa shape index (κ3) is 4.67. The van der Waals surface area contributed by atoms with E-state index in [0.29, 0.717) is 17.9 Å². The summed E-state index contributed by atoms with van der Waals surface area (Å²) in [4.78, 5) is 4.34. The van der Waals surface area contributed by atoms with Crippen LogP contribution in [0.25, 0.3) is 0 Å². The number of rotatable bonds is 7. The lowest BCUT2D eigenvalue weighted by molar-refractivity contribution is 0.269. The summed E-state index contributed by atoms with van der Waals surface area (Å²) in [6.07, 6.45) is 2.45. The Bertz CT molecular complexity index is 816. The summed E-state index contributed by atoms with van der Waals surface area (Å²) in [7, 11) is 0. The normalized spacial score (nSPS) is 11.0. The molecule has 0 spiro atoms. The predicted molar refractivity (Wildman–Crippen MR) is 94.2 cm³/mol. The van der Waals surface area contributed by atoms with Crippen molar-refractivity contribution in [1.82, 2.24) is 9.55 Å². The highest BCUT2D eigenvalue weighted by molar-refractivity contribution is 7.98. The van der Waals surface area contributed by atoms with Gasteiger partial charge in [-0.25, -0.2) is 13.8 Å². The number of thioether (sulfide) groups is 1. The highest BCUT2D eigenvalue weighted by Gasteiger charge is 2.11. The van der Waals surface area contributed by atoms with Gasteiger partial charge in [-0.15, -0.1) is 0 Å². The molecule has 0 saturated carbocycles. The van der Waals surface area contributed by atoms with Crippen molar-refractivity contribution >= 4 is 11.8 Å². The van der Waals surface area contributed by atoms with Gasteiger partial charge >= 0.3 is 0 Å². The second-order valence-corrected chi connectivity index (χ2v) is 6.59. The van der Waals surface area contributed by atoms with Gasteiger partial charge in [-0.3, -0.25) is 0 Å². The van der Waals surface area contributed by atoms with E-state index in [4.69, 9.17) is 0 Å². The van der Waals surface area contributed by atoms with Gasteiger partial charge in [-0.2, -0.15) is 0 Å². The number of hydrogen-bond acceptors (Lipinski definition) is 3. The highest BCUT2D eigenvalue weighted by atomic mass is 32.2. The Hall–Kier alpha value is -2.18. The Balaban J connectivity index is 1.71. The van der Waals surface area contributed by atoms with Crippen LogP contribution in [0.4, 0.5) is 8.78 Å². The predicted octanol–water partition coefficient (Wildman–Crippen LogP) is 4.19. The van der Waals surface area contributed by atoms with Gasteiger partial charge in [0.15, 0.2) is 5.16 Å². The molecule has 0 atom stereocenters. The van der Waals surface area contributed by atoms with E-state index < -0.39 is 11.6 Å². The molecule has 0 aliphatic heterocycles. The van der Waals surface area contributed by atoms with Crippen molar-refractivity contribution in [3.63, 3.8) is 0 Å². The molecule has 3 nitrogen and oxygen atoms in total. The topological polar surface area (TPSA) is 38.1 Å². The van der Waals surface area contributed by atoms with Crippen LogP contribution in [-0.4, -0.2) is 14.7 Å². The van der Waals surface area contributed by atoms with Gasteiger partial charge in [0.25, 0.3) is 0 Å². The Kier molecular flexibility index (Phi) is 5.83. The monoisotopic (exact) mass is 360 g/mol. The van der Waals surface area contributed by atoms with Crippen LogP contribution in [0.5, 0.6) is 0 Å². The molecule has 0 aliphatic rings. The van der Waals surface area contributed by atoms with E-state index in [-0.39, 0.29) is 6.61 Å². The summed E-state index contributed by atoms with van der Waals surface area (Å²) in [5.41, 5.74) is 2.48. The molecule has 1 aromatic heterocycles. The summed E-state index contributed by atoms with van der Waals surface area (Å²) in [6, 6.07) is 13.6. The molecule has 0 saturated heterocycles. The zero-order valence-electron chi connectivity index (χ0n) is 13.5. The van der Waals surface area contributed by atoms with Gasteiger partial charge in [0.1, 0.15) is 11.6 Å². The van der Waals surface area contributed by atoms with Gasteiger partial charge in [0.2, 0.25) is 0 Å². The quantitative estimate of drug-likeness (QED) is 0.642. The molecule has 2 aromatic carbocycles. The molecule has 25 heavy (non-hydrogen) atoms. The summed E-state index contributed by atoms with van der Waals surface area (Å²) in [6.45, 7) is 0.580. The second kappa shape index (κ2) is 8.27. The molecule has 0 bridgehead atoms. The minimum Gasteiger partial charge on any atom is -0.390 e. The molecule has 130 valence electrons. The number of halogens is 2. The number of aromatic nitrogens is 2. The van der Waals surface area contributed by atoms with E-state index >= 15 is 0 Å². The summed E-state index contributed by atoms with van der Waals surface area (Å²) < 4.78 is 28.5. The first-order valence-corrected chi connectivity index (χ1v) is 8.91. The van der Waals surface area contributed by atoms with Gasteiger partial charge < -0.3 is 9.67 Å². The maximum absolute atomic E-state index is 13.3. The van der Waals surface area contributed by atoms with Gasteiger partial charge in [-0.05, 0) is 29.7 Å². The van der Waals surface area contributed by atoms with Crippen LogP contribution in [0.15, 0.2) is 59.9 Å². The third-order valence-corrected chi connectivity index (χ3v) is 4.88. The molecular formula is C19H18F2N2OS. The van der Waals surface area contributed by atoms with Crippen molar-refractivity contribution in [3.8, 4) is 0 Å². The first kappa shape index (κ1) is 17.6. The van der Waals surface area contributed by atoms with Gasteiger partial charge in [0, 0.05) is 18.4 Å². The maximum Gasteiger partial charge on any atom is 0.168 e. The highest BCUT2D eigenvalue weighted by Crippen LogP contribution is 2.24. The smallest absolute Gasteiger partial charge is 0.168 e. The molecule has 0 radical (unpaired) electrons. The number of hydrogen-bond donors (Lipinski definition) is 1. The molecular weight excluding hydrogens is 342 g/mol. The summed E-state index contributed by atoms with van der Waals surface area (Å²) >= 11 is 1.40. The van der Waals surface area contributed by atoms with Crippen molar-refractivity contribution in [2.24, 2.45) is 0 Å². The van der Waals surface area contributed by atoms with Crippen molar-refractivity contribution < 1.29 is 13.9 Å². The molecule has 1 N–H and O–H groups in total. The first-order valence-electron chi connectivity index (χ1n) is 7.92. The standard InChI is InChI=1S/C19H18F2N2OS/c20-16-8-15(9-17(21)10-16)13-25-19-22-11-18(12-24)23(19)7-6-14-4-2-1-3-5-14/h1-5,8-11,24H,6-7,12-13H2. The molecule has 0 aliphatic carbocycles. The van der Waals surface area contributed by atoms with Crippen LogP contribution < -0.4 is 0 Å². The summed E-state index contributed by atoms with van der Waals surface area (Å²) in [5.74, 6) is -0.764. The van der Waals surface area contributed by atoms with Crippen molar-refractivity contribution in [3.05, 3.63) is 83.2 Å². The number of aliphatic hydroxyl groups excluding tert-OH is 1. The Morgan fingerprint density at radius 3 is 2.40 bits per heavy atom. The Morgan fingerprint density at radius 2 is 1.72 bits per heavy atom. The first-order chi connectivity index (χ1) is 12.2. The number of benzene rings is 2. The minimum absolute atomic E-state index is 0.100. The Labute approximate surface area is 149 Å². The van der Waals surface area contributed by atoms with E-state index in [0.717, 1.165) is 23.3 Å². The van der Waals surface area contributed by atoms with Crippen LogP contribution in [0.1, 0.15) is 16.8 Å². The van der Waals surface area contributed by atoms with Crippen LogP contribution in [0, 0.1) is 11.6 Å². The van der Waals surface area contributed by atoms with Crippen LogP contribution in [0.2, 0.25) is 0 Å². The molecule has 3 rings (SSSR count). The van der Waals surface area contributed by atoms with Crippen molar-refractivity contribution in [1.29, 1.82) is 0 Å². The fourth-order valence-electron chi connectivity index (χ4n) is 2.60. The van der Waals surface area contributed by atoms with Crippen LogP contribution in [-0.2, 0) is 25.3 Å². The molecule has 0 fully saturated rings. The van der Waals surface area contributed by atoms with E-state index in [1.807, 2.05) is 22.8 Å². The molecule has 0 amide bonds. The number of aryl methyl sites for hydroxylation is 1. The fourth-order valence-corrected chi connectivity index (χ4v) is 3.55. The zero-order chi connectivity index (χ0) is 17.6. The fraction of sp³-hybridized carbons (Fsp3) is 0.211. The summed E-state index contributed by atoms with van der Waals surface area (Å²) in [5, 5.41) is 10.2. The van der Waals surface area contributed by atoms with Gasteiger partial charge in [0.05, 0.1) is 18.5 Å². The van der Waals surface area contributed by atoms with Crippen LogP contribution in [0.3, 0.4) is 0 Å². The van der Waals surface area contributed by atoms with E-state index in [2.05, 4.69) is 17.1 Å². The number of nitrogens with zero attached hydrogens (tertiary/aromatic N) is 2. The molecule has 6 heteroatoms. The SMILES string of the molecule is OCc1cnc(SCc2cc(F)cc(F)c2)n1CCc1ccccc1. The van der Waals surface area contributed by atoms with Crippen LogP contribution >= 0.6 is 11.8 Å². The van der Waals surface area contributed by atoms with E-state index in [9.17, 15) is 13.9 Å². The van der Waals surface area contributed by atoms with Gasteiger partial charge in [-0.1, -0.05) is 42.1 Å². The lowest BCUT2D eigenvalue weighted by atomic mass is 10.1. The zero-order valence-corrected chi connectivity index (χ0v) is 14.3. The number of imidazole rings is 1. The number of aliphatic hydroxyl groups is 1. The van der Waals surface area contributed by atoms with Crippen molar-refractivity contribution in [2.45, 2.75) is 30.5 Å². The molecule has 0 unspecified atom stereocenters. The average molecular weight is 360 g/mol. The average Bonchev–Trinajstić information content (AvgIpc) is 3.00. The molecule has 3 aromatic rings. The van der Waals surface area contributed by atoms with E-state index in [1.165, 1.54) is 29.5 Å². The largest absolute Gasteiger partial charge is 0.390 e. The molecule has 1 heterocycles. The second-order valence-electron chi connectivity index (χ2n) is 5.64. The Morgan fingerprint density at radius 1 is 1.00 bits per heavy atom. The third-order valence-electron chi connectivity index (χ3n) is 3.82. The lowest BCUT2D eigenvalue weighted by Gasteiger charge is -2.11. The maximum atomic E-state index is 13.3. The van der Waals surface area contributed by atoms with Crippen molar-refractivity contribution in [2.75, 3.05) is 0 Å². The lowest BCUT2D eigenvalue weighted by Crippen LogP contribution is -2.07. The minimum atomic E-state index is -0.584. The van der Waals surface area contributed by atoms with E-state index in [1.54, 1.807) is 6.20 Å².